The molecule has 2 heterocycles. The van der Waals surface area contributed by atoms with E-state index >= 15 is 0 Å². The van der Waals surface area contributed by atoms with Crippen LogP contribution >= 0.6 is 63.7 Å². The Kier molecular flexibility index (Phi) is 22.0. The maximum atomic E-state index is 9.75. The molecule has 18 heteroatoms. The van der Waals surface area contributed by atoms with Crippen molar-refractivity contribution in [3.05, 3.63) is 264 Å². The molecular formula is C60H49B2Br4F8N3O. The van der Waals surface area contributed by atoms with Gasteiger partial charge in [0.1, 0.15) is 25.6 Å². The van der Waals surface area contributed by atoms with Gasteiger partial charge in [0.15, 0.2) is 5.71 Å². The maximum absolute atomic E-state index is 9.75. The van der Waals surface area contributed by atoms with E-state index in [1.54, 1.807) is 0 Å². The first-order chi connectivity index (χ1) is 36.9. The van der Waals surface area contributed by atoms with Crippen molar-refractivity contribution in [2.75, 3.05) is 33.1 Å². The lowest BCUT2D eigenvalue weighted by atomic mass is 10.0. The van der Waals surface area contributed by atoms with Crippen LogP contribution in [0.5, 0.6) is 0 Å². The normalized spacial score (nSPS) is 13.5. The minimum atomic E-state index is -6.00. The maximum Gasteiger partial charge on any atom is 0.673 e. The number of anilines is 1. The van der Waals surface area contributed by atoms with Crippen molar-refractivity contribution < 1.29 is 48.4 Å². The number of ether oxygens (including phenoxy) is 1. The predicted molar refractivity (Wildman–Crippen MR) is 321 cm³/mol. The van der Waals surface area contributed by atoms with Crippen LogP contribution in [0.25, 0.3) is 51.6 Å². The highest BCUT2D eigenvalue weighted by Gasteiger charge is 2.24. The molecular weight excluding hydrogens is 1270 g/mol. The summed E-state index contributed by atoms with van der Waals surface area (Å²) in [6, 6.07) is 57.2. The number of aromatic nitrogens is 1. The van der Waals surface area contributed by atoms with Gasteiger partial charge in [0.05, 0.1) is 0 Å². The molecule has 0 N–H and O–H groups in total. The topological polar surface area (TPSA) is 19.4 Å². The van der Waals surface area contributed by atoms with Gasteiger partial charge >= 0.3 is 14.5 Å². The molecule has 2 aliphatic rings. The van der Waals surface area contributed by atoms with E-state index < -0.39 is 14.5 Å². The van der Waals surface area contributed by atoms with E-state index in [1.165, 1.54) is 22.5 Å². The molecule has 0 spiro atoms. The molecule has 0 amide bonds. The molecule has 1 aromatic heterocycles. The summed E-state index contributed by atoms with van der Waals surface area (Å²) in [6.45, 7) is 0. The molecule has 9 rings (SSSR count). The fourth-order valence-corrected chi connectivity index (χ4v) is 8.60. The zero-order valence-corrected chi connectivity index (χ0v) is 48.6. The van der Waals surface area contributed by atoms with Crippen molar-refractivity contribution in [3.8, 4) is 28.1 Å². The van der Waals surface area contributed by atoms with Crippen LogP contribution in [-0.2, 0) is 4.74 Å². The van der Waals surface area contributed by atoms with Crippen molar-refractivity contribution >= 4 is 113 Å². The second-order valence-electron chi connectivity index (χ2n) is 17.5. The number of halogens is 12. The van der Waals surface area contributed by atoms with E-state index in [-0.39, 0.29) is 0 Å². The molecule has 78 heavy (non-hydrogen) atoms. The Morgan fingerprint density at radius 3 is 1.46 bits per heavy atom. The molecule has 1 aliphatic heterocycles. The van der Waals surface area contributed by atoms with Crippen molar-refractivity contribution in [3.63, 3.8) is 0 Å². The number of hydrogen-bond acceptors (Lipinski definition) is 2. The smallest absolute Gasteiger partial charge is 0.457 e. The summed E-state index contributed by atoms with van der Waals surface area (Å²) in [5.41, 5.74) is 14.8. The molecule has 0 unspecified atom stereocenters. The summed E-state index contributed by atoms with van der Waals surface area (Å²) in [7, 11) is -3.79. The number of nitrogens with zero attached hydrogens (tertiary/aromatic N) is 3. The zero-order valence-electron chi connectivity index (χ0n) is 42.3. The highest BCUT2D eigenvalue weighted by Crippen LogP contribution is 2.34. The van der Waals surface area contributed by atoms with Crippen LogP contribution in [0.15, 0.2) is 242 Å². The van der Waals surface area contributed by atoms with E-state index in [0.717, 1.165) is 79.9 Å². The lowest BCUT2D eigenvalue weighted by Crippen LogP contribution is -2.37. The summed E-state index contributed by atoms with van der Waals surface area (Å²) in [5.74, 6) is 1.63. The molecule has 7 aromatic rings. The zero-order chi connectivity index (χ0) is 56.6. The first kappa shape index (κ1) is 60.6. The Bertz CT molecular complexity index is 3370. The number of allylic oxidation sites excluding steroid dienone is 10. The highest BCUT2D eigenvalue weighted by molar-refractivity contribution is 9.11. The number of para-hydroxylation sites is 1. The van der Waals surface area contributed by atoms with E-state index in [0.29, 0.717) is 0 Å². The van der Waals surface area contributed by atoms with Gasteiger partial charge in [-0.1, -0.05) is 137 Å². The monoisotopic (exact) mass is 1320 g/mol. The molecule has 0 saturated heterocycles. The van der Waals surface area contributed by atoms with Crippen LogP contribution in [0, 0.1) is 0 Å². The molecule has 0 fully saturated rings. The Hall–Kier alpha value is -6.59. The quantitative estimate of drug-likeness (QED) is 0.0815. The summed E-state index contributed by atoms with van der Waals surface area (Å²) >= 11 is 14.2. The van der Waals surface area contributed by atoms with Gasteiger partial charge in [0.25, 0.3) is 0 Å². The molecule has 1 aliphatic carbocycles. The Morgan fingerprint density at radius 2 is 0.974 bits per heavy atom. The third-order valence-electron chi connectivity index (χ3n) is 11.3. The molecule has 0 atom stereocenters. The Labute approximate surface area is 483 Å². The number of rotatable bonds is 9. The standard InChI is InChI=1S/C33H27Br2N2.C27H22Br2NO.2BF4/c1-36(2)30-19-8-24(9-20-30)10-21-32-22-27(25-11-15-28(34)16-12-25)23-33(26-13-17-29(35)18-14-26)37(32)31-6-4-3-5-7-31;1-30(2)25-14-3-19(4-15-25)5-16-26-17-22(20-6-10-23(28)11-7-20)18-27(31-26)21-8-12-24(29)13-9-21;2*2-1(3,4)5/h3-23H,1-2H3;3-18H,1-2H3;;/q2*+1;2*-1. The third kappa shape index (κ3) is 20.0. The number of hydrogen-bond donors (Lipinski definition) is 0. The third-order valence-corrected chi connectivity index (χ3v) is 13.4. The minimum absolute atomic E-state index is 0.801. The fourth-order valence-electron chi connectivity index (χ4n) is 7.54. The summed E-state index contributed by atoms with van der Waals surface area (Å²) < 4.78 is 92.9. The number of benzene rings is 6. The van der Waals surface area contributed by atoms with Crippen molar-refractivity contribution in [1.29, 1.82) is 0 Å². The van der Waals surface area contributed by atoms with E-state index in [4.69, 9.17) is 4.74 Å². The second kappa shape index (κ2) is 28.3. The van der Waals surface area contributed by atoms with Crippen LogP contribution in [0.2, 0.25) is 0 Å². The van der Waals surface area contributed by atoms with Crippen LogP contribution in [0.4, 0.5) is 40.2 Å². The SMILES string of the molecule is CN(C)c1ccc(/C=C/c2cc(-c3ccc(Br)cc3)cc(-c3ccc(Br)cc3)[n+]2-c2ccccc2)cc1.C[N+](C)=C1C=CC(=CC=C2C=C(c3ccc(Br)cc3)C=C(c3ccc(Br)cc3)O2)C=C1.F[B-](F)(F)F.F[B-](F)(F)F. The molecule has 6 aromatic carbocycles. The van der Waals surface area contributed by atoms with Crippen LogP contribution in [0.3, 0.4) is 0 Å². The lowest BCUT2D eigenvalue weighted by molar-refractivity contribution is -0.585. The summed E-state index contributed by atoms with van der Waals surface area (Å²) in [4.78, 5) is 2.11. The summed E-state index contributed by atoms with van der Waals surface area (Å²) in [5, 5.41) is 0. The molecule has 4 nitrogen and oxygen atoms in total. The van der Waals surface area contributed by atoms with Gasteiger partial charge in [-0.3, -0.25) is 0 Å². The largest absolute Gasteiger partial charge is 0.673 e. The average molecular weight is 1320 g/mol. The molecule has 0 saturated carbocycles. The van der Waals surface area contributed by atoms with Crippen molar-refractivity contribution in [2.45, 2.75) is 0 Å². The molecule has 0 radical (unpaired) electrons. The van der Waals surface area contributed by atoms with Gasteiger partial charge in [-0.05, 0) is 143 Å². The van der Waals surface area contributed by atoms with Gasteiger partial charge in [0.2, 0.25) is 17.1 Å². The van der Waals surface area contributed by atoms with Crippen LogP contribution in [-0.4, -0.2) is 53.0 Å². The first-order valence-corrected chi connectivity index (χ1v) is 27.0. The van der Waals surface area contributed by atoms with Gasteiger partial charge in [-0.25, -0.2) is 4.58 Å². The first-order valence-electron chi connectivity index (χ1n) is 23.8. The predicted octanol–water partition coefficient (Wildman–Crippen LogP) is 19.0. The average Bonchev–Trinajstić information content (AvgIpc) is 3.44. The van der Waals surface area contributed by atoms with Gasteiger partial charge in [-0.2, -0.15) is 4.57 Å². The molecule has 0 bridgehead atoms. The van der Waals surface area contributed by atoms with Gasteiger partial charge in [0, 0.05) is 91.3 Å². The Morgan fingerprint density at radius 1 is 0.500 bits per heavy atom. The Balaban J connectivity index is 0.000000217. The second-order valence-corrected chi connectivity index (χ2v) is 21.2. The number of pyridine rings is 1. The minimum Gasteiger partial charge on any atom is -0.457 e. The van der Waals surface area contributed by atoms with Crippen molar-refractivity contribution in [2.24, 2.45) is 0 Å². The van der Waals surface area contributed by atoms with Crippen molar-refractivity contribution in [1.82, 2.24) is 0 Å². The molecule has 400 valence electrons. The van der Waals surface area contributed by atoms with Crippen LogP contribution < -0.4 is 9.47 Å². The van der Waals surface area contributed by atoms with E-state index in [1.807, 2.05) is 32.3 Å². The van der Waals surface area contributed by atoms with E-state index in [2.05, 4.69) is 298 Å². The van der Waals surface area contributed by atoms with E-state index in [9.17, 15) is 34.5 Å². The lowest BCUT2D eigenvalue weighted by Gasteiger charge is -2.18. The fraction of sp³-hybridized carbons (Fsp3) is 0.0667. The van der Waals surface area contributed by atoms with Crippen LogP contribution in [0.1, 0.15) is 22.4 Å². The van der Waals surface area contributed by atoms with Gasteiger partial charge in [-0.15, -0.1) is 0 Å². The summed E-state index contributed by atoms with van der Waals surface area (Å²) in [6.07, 6.45) is 21.1. The highest BCUT2D eigenvalue weighted by atomic mass is 79.9. The van der Waals surface area contributed by atoms with Gasteiger partial charge < -0.3 is 44.2 Å².